The minimum atomic E-state index is -2.91. The number of amides is 1. The van der Waals surface area contributed by atoms with Gasteiger partial charge in [-0.15, -0.1) is 0 Å². The zero-order valence-corrected chi connectivity index (χ0v) is 19.3. The molecule has 0 fully saturated rings. The summed E-state index contributed by atoms with van der Waals surface area (Å²) < 4.78 is 21.4. The minimum absolute atomic E-state index is 0.189. The van der Waals surface area contributed by atoms with Gasteiger partial charge in [-0.25, -0.2) is 13.2 Å². The van der Waals surface area contributed by atoms with Crippen molar-refractivity contribution in [3.8, 4) is 0 Å². The van der Waals surface area contributed by atoms with Crippen molar-refractivity contribution in [1.82, 2.24) is 5.32 Å². The topological polar surface area (TPSA) is 101 Å². The van der Waals surface area contributed by atoms with Crippen molar-refractivity contribution in [3.05, 3.63) is 58.7 Å². The number of carbonyl (C=O) groups excluding carboxylic acids is 1. The molecule has 1 atom stereocenters. The normalized spacial score (nSPS) is 19.0. The Kier molecular flexibility index (Phi) is 9.99. The molecule has 7 heteroatoms. The van der Waals surface area contributed by atoms with Crippen LogP contribution in [0.1, 0.15) is 53.9 Å². The molecule has 0 aliphatic heterocycles. The second-order valence-corrected chi connectivity index (χ2v) is 9.37. The Morgan fingerprint density at radius 3 is 2.43 bits per heavy atom. The van der Waals surface area contributed by atoms with E-state index in [9.17, 15) is 18.0 Å². The van der Waals surface area contributed by atoms with E-state index in [1.54, 1.807) is 13.0 Å². The fourth-order valence-electron chi connectivity index (χ4n) is 3.44. The molecule has 0 bridgehead atoms. The van der Waals surface area contributed by atoms with Crippen LogP contribution in [-0.2, 0) is 20.3 Å². The van der Waals surface area contributed by atoms with Crippen molar-refractivity contribution in [1.29, 1.82) is 0 Å². The van der Waals surface area contributed by atoms with Gasteiger partial charge in [0.05, 0.1) is 5.75 Å². The smallest absolute Gasteiger partial charge is 0.327 e. The van der Waals surface area contributed by atoms with Crippen LogP contribution in [0.15, 0.2) is 58.7 Å². The van der Waals surface area contributed by atoms with Crippen LogP contribution in [-0.4, -0.2) is 37.2 Å². The van der Waals surface area contributed by atoms with Crippen LogP contribution in [0.5, 0.6) is 0 Å². The quantitative estimate of drug-likeness (QED) is 0.291. The molecule has 0 saturated carbocycles. The van der Waals surface area contributed by atoms with Gasteiger partial charge in [0.15, 0.2) is 0 Å². The highest BCUT2D eigenvalue weighted by molar-refractivity contribution is 7.72. The van der Waals surface area contributed by atoms with E-state index in [2.05, 4.69) is 38.2 Å². The fourth-order valence-corrected chi connectivity index (χ4v) is 3.98. The van der Waals surface area contributed by atoms with Crippen molar-refractivity contribution in [2.75, 3.05) is 5.75 Å². The van der Waals surface area contributed by atoms with Crippen molar-refractivity contribution in [3.63, 3.8) is 0 Å². The Morgan fingerprint density at radius 2 is 1.87 bits per heavy atom. The van der Waals surface area contributed by atoms with E-state index in [4.69, 9.17) is 5.11 Å². The van der Waals surface area contributed by atoms with Crippen LogP contribution >= 0.6 is 0 Å². The third-order valence-electron chi connectivity index (χ3n) is 5.08. The van der Waals surface area contributed by atoms with Gasteiger partial charge in [-0.3, -0.25) is 4.79 Å². The number of nitrogens with one attached hydrogen (secondary N) is 1. The molecule has 0 saturated heterocycles. The van der Waals surface area contributed by atoms with Crippen LogP contribution in [0, 0.1) is 5.41 Å². The van der Waals surface area contributed by atoms with Crippen LogP contribution in [0.2, 0.25) is 0 Å². The van der Waals surface area contributed by atoms with Crippen LogP contribution < -0.4 is 5.32 Å². The number of hydrogen-bond acceptors (Lipinski definition) is 4. The molecule has 0 radical (unpaired) electrons. The maximum atomic E-state index is 11.9. The molecule has 166 valence electrons. The number of hydrogen-bond donors (Lipinski definition) is 3. The molecule has 1 rings (SSSR count). The monoisotopic (exact) mass is 435 g/mol. The van der Waals surface area contributed by atoms with Crippen molar-refractivity contribution in [2.24, 2.45) is 5.41 Å². The highest BCUT2D eigenvalue weighted by Crippen LogP contribution is 2.40. The Bertz CT molecular complexity index is 877. The summed E-state index contributed by atoms with van der Waals surface area (Å²) in [7, 11) is -2.91. The number of rotatable bonds is 9. The molecule has 0 aromatic carbocycles. The Balaban J connectivity index is 2.75. The standard InChI is InChI=1S/C23H33NO5S/c1-16(11-12-19-18(3)10-7-13-23(19,4)5)8-6-9-17(2)14-21(25)24-20(22(26)27)15-30(28)29/h6,8-9,11-12,14,20,30H,7,10,13,15H2,1-5H3,(H,24,25)(H,26,27)/b9-6+,12-11+,16-8+,17-14-/t20-/m0/s1. The summed E-state index contributed by atoms with van der Waals surface area (Å²) in [5, 5.41) is 11.1. The summed E-state index contributed by atoms with van der Waals surface area (Å²) in [4.78, 5) is 22.9. The molecule has 0 aromatic heterocycles. The lowest BCUT2D eigenvalue weighted by Crippen LogP contribution is -2.43. The molecule has 6 nitrogen and oxygen atoms in total. The lowest BCUT2D eigenvalue weighted by atomic mass is 9.72. The average molecular weight is 436 g/mol. The van der Waals surface area contributed by atoms with E-state index >= 15 is 0 Å². The lowest BCUT2D eigenvalue weighted by Gasteiger charge is -2.32. The second-order valence-electron chi connectivity index (χ2n) is 8.34. The van der Waals surface area contributed by atoms with Crippen molar-refractivity contribution >= 4 is 22.6 Å². The molecule has 2 N–H and O–H groups in total. The average Bonchev–Trinajstić information content (AvgIpc) is 2.59. The van der Waals surface area contributed by atoms with E-state index in [0.29, 0.717) is 5.57 Å². The molecule has 1 amide bonds. The summed E-state index contributed by atoms with van der Waals surface area (Å²) in [5.74, 6) is -2.68. The van der Waals surface area contributed by atoms with Crippen molar-refractivity contribution in [2.45, 2.75) is 59.9 Å². The molecule has 1 aliphatic carbocycles. The number of aliphatic carboxylic acids is 1. The first kappa shape index (κ1) is 25.6. The third kappa shape index (κ3) is 8.95. The largest absolute Gasteiger partial charge is 0.480 e. The van der Waals surface area contributed by atoms with E-state index in [1.807, 2.05) is 19.1 Å². The zero-order valence-electron chi connectivity index (χ0n) is 18.4. The predicted octanol–water partition coefficient (Wildman–Crippen LogP) is 3.70. The molecule has 30 heavy (non-hydrogen) atoms. The van der Waals surface area contributed by atoms with Crippen LogP contribution in [0.4, 0.5) is 0 Å². The molecule has 0 aromatic rings. The summed E-state index contributed by atoms with van der Waals surface area (Å²) in [6.45, 7) is 10.5. The number of carboxylic acid groups (broad SMARTS) is 1. The SMILES string of the molecule is CC1=C(/C=C/C(C)=C/C=C/C(C)=C\C(=O)N[C@@H](C[SH](=O)=O)C(=O)O)C(C)(C)CCC1. The summed E-state index contributed by atoms with van der Waals surface area (Å²) in [6, 6.07) is -1.46. The van der Waals surface area contributed by atoms with Gasteiger partial charge < -0.3 is 10.4 Å². The molecular weight excluding hydrogens is 402 g/mol. The number of carbonyl (C=O) groups is 2. The molecule has 0 heterocycles. The first-order valence-corrected chi connectivity index (χ1v) is 11.4. The zero-order chi connectivity index (χ0) is 22.9. The lowest BCUT2D eigenvalue weighted by molar-refractivity contribution is -0.140. The van der Waals surface area contributed by atoms with Gasteiger partial charge in [0.25, 0.3) is 0 Å². The Morgan fingerprint density at radius 1 is 1.20 bits per heavy atom. The van der Waals surface area contributed by atoms with Gasteiger partial charge in [0.2, 0.25) is 5.91 Å². The van der Waals surface area contributed by atoms with E-state index in [-0.39, 0.29) is 5.41 Å². The van der Waals surface area contributed by atoms with Gasteiger partial charge in [0, 0.05) is 6.08 Å². The number of thiol groups is 1. The Labute approximate surface area is 181 Å². The van der Waals surface area contributed by atoms with Gasteiger partial charge in [-0.05, 0) is 56.6 Å². The summed E-state index contributed by atoms with van der Waals surface area (Å²) in [6.07, 6.45) is 14.6. The maximum absolute atomic E-state index is 11.9. The van der Waals surface area contributed by atoms with Crippen LogP contribution in [0.25, 0.3) is 0 Å². The fraction of sp³-hybridized carbons (Fsp3) is 0.478. The maximum Gasteiger partial charge on any atom is 0.327 e. The minimum Gasteiger partial charge on any atom is -0.480 e. The molecular formula is C23H33NO5S. The first-order chi connectivity index (χ1) is 13.9. The number of allylic oxidation sites excluding steroid dienone is 9. The first-order valence-electron chi connectivity index (χ1n) is 9.99. The Hall–Kier alpha value is -2.41. The van der Waals surface area contributed by atoms with Gasteiger partial charge in [-0.2, -0.15) is 0 Å². The highest BCUT2D eigenvalue weighted by atomic mass is 32.2. The summed E-state index contributed by atoms with van der Waals surface area (Å²) >= 11 is 0. The van der Waals surface area contributed by atoms with Crippen LogP contribution in [0.3, 0.4) is 0 Å². The predicted molar refractivity (Wildman–Crippen MR) is 121 cm³/mol. The molecule has 0 unspecified atom stereocenters. The molecule has 1 aliphatic rings. The summed E-state index contributed by atoms with van der Waals surface area (Å²) in [5.41, 5.74) is 4.70. The van der Waals surface area contributed by atoms with Gasteiger partial charge in [0.1, 0.15) is 16.7 Å². The van der Waals surface area contributed by atoms with E-state index in [1.165, 1.54) is 30.1 Å². The second kappa shape index (κ2) is 11.7. The van der Waals surface area contributed by atoms with Crippen molar-refractivity contribution < 1.29 is 23.1 Å². The van der Waals surface area contributed by atoms with E-state index < -0.39 is 34.4 Å². The molecule has 0 spiro atoms. The van der Waals surface area contributed by atoms with Gasteiger partial charge >= 0.3 is 5.97 Å². The third-order valence-corrected chi connectivity index (χ3v) is 5.74. The van der Waals surface area contributed by atoms with E-state index in [0.717, 1.165) is 12.0 Å². The number of carboxylic acids is 1. The van der Waals surface area contributed by atoms with Gasteiger partial charge in [-0.1, -0.05) is 55.4 Å². The highest BCUT2D eigenvalue weighted by Gasteiger charge is 2.26.